The first kappa shape index (κ1) is 18.2. The average Bonchev–Trinajstić information content (AvgIpc) is 2.55. The minimum atomic E-state index is -4.61. The smallest absolute Gasteiger partial charge is 0.416 e. The van der Waals surface area contributed by atoms with Crippen LogP contribution in [0.5, 0.6) is 0 Å². The molecule has 1 atom stereocenters. The number of rotatable bonds is 2. The summed E-state index contributed by atoms with van der Waals surface area (Å²) < 4.78 is 56.7. The van der Waals surface area contributed by atoms with E-state index in [1.54, 1.807) is 0 Å². The summed E-state index contributed by atoms with van der Waals surface area (Å²) in [7, 11) is 0. The van der Waals surface area contributed by atoms with Crippen molar-refractivity contribution in [3.05, 3.63) is 63.9 Å². The monoisotopic (exact) mass is 387 g/mol. The molecule has 1 unspecified atom stereocenters. The molecule has 0 spiro atoms. The zero-order chi connectivity index (χ0) is 19.1. The molecule has 1 amide bonds. The predicted octanol–water partition coefficient (Wildman–Crippen LogP) is 4.22. The third-order valence-electron chi connectivity index (χ3n) is 3.79. The largest absolute Gasteiger partial charge is 0.448 e. The molecule has 0 saturated heterocycles. The summed E-state index contributed by atoms with van der Waals surface area (Å²) in [6, 6.07) is 5.88. The van der Waals surface area contributed by atoms with E-state index in [4.69, 9.17) is 16.3 Å². The number of carbonyl (C=O) groups excluding carboxylic acids is 2. The molecule has 1 aliphatic heterocycles. The third-order valence-corrected chi connectivity index (χ3v) is 4.12. The third kappa shape index (κ3) is 3.65. The number of cyclic esters (lactones) is 1. The quantitative estimate of drug-likeness (QED) is 0.620. The highest BCUT2D eigenvalue weighted by atomic mass is 35.5. The molecule has 1 N–H and O–H groups in total. The Hall–Kier alpha value is -2.61. The Labute approximate surface area is 149 Å². The maximum Gasteiger partial charge on any atom is 0.416 e. The van der Waals surface area contributed by atoms with E-state index in [9.17, 15) is 27.2 Å². The van der Waals surface area contributed by atoms with Crippen molar-refractivity contribution in [3.63, 3.8) is 0 Å². The molecule has 1 aliphatic rings. The van der Waals surface area contributed by atoms with Gasteiger partial charge in [-0.1, -0.05) is 11.6 Å². The maximum atomic E-state index is 13.3. The van der Waals surface area contributed by atoms with Crippen LogP contribution in [-0.4, -0.2) is 18.0 Å². The summed E-state index contributed by atoms with van der Waals surface area (Å²) in [6.45, 7) is 0. The fraction of sp³-hybridized carbons (Fsp3) is 0.176. The molecule has 0 aromatic heterocycles. The molecule has 0 radical (unpaired) electrons. The number of esters is 1. The van der Waals surface area contributed by atoms with E-state index >= 15 is 0 Å². The minimum Gasteiger partial charge on any atom is -0.448 e. The molecule has 136 valence electrons. The van der Waals surface area contributed by atoms with E-state index in [1.165, 1.54) is 6.07 Å². The Kier molecular flexibility index (Phi) is 4.62. The molecule has 1 heterocycles. The van der Waals surface area contributed by atoms with Gasteiger partial charge in [0.05, 0.1) is 21.8 Å². The molecule has 0 bridgehead atoms. The number of carbonyl (C=O) groups is 2. The number of fused-ring (bicyclic) bond motifs is 1. The molecule has 2 aromatic rings. The van der Waals surface area contributed by atoms with Gasteiger partial charge in [0, 0.05) is 6.42 Å². The van der Waals surface area contributed by atoms with Gasteiger partial charge in [0.2, 0.25) is 0 Å². The molecule has 3 rings (SSSR count). The first-order chi connectivity index (χ1) is 12.1. The molecule has 9 heteroatoms. The molecule has 0 fully saturated rings. The number of amides is 1. The Morgan fingerprint density at radius 2 is 1.92 bits per heavy atom. The first-order valence-corrected chi connectivity index (χ1v) is 7.70. The highest BCUT2D eigenvalue weighted by Crippen LogP contribution is 2.34. The van der Waals surface area contributed by atoms with E-state index in [0.717, 1.165) is 24.3 Å². The van der Waals surface area contributed by atoms with Gasteiger partial charge in [-0.15, -0.1) is 0 Å². The Bertz CT molecular complexity index is 898. The lowest BCUT2D eigenvalue weighted by atomic mass is 9.98. The molecule has 0 saturated carbocycles. The lowest BCUT2D eigenvalue weighted by molar-refractivity contribution is -0.137. The van der Waals surface area contributed by atoms with Crippen LogP contribution in [0.4, 0.5) is 23.2 Å². The van der Waals surface area contributed by atoms with Gasteiger partial charge in [-0.2, -0.15) is 13.2 Å². The number of nitrogens with one attached hydrogen (secondary N) is 1. The second-order valence-electron chi connectivity index (χ2n) is 5.58. The van der Waals surface area contributed by atoms with E-state index in [0.29, 0.717) is 6.07 Å². The highest BCUT2D eigenvalue weighted by Gasteiger charge is 2.33. The molecule has 4 nitrogen and oxygen atoms in total. The fourth-order valence-corrected chi connectivity index (χ4v) is 2.69. The van der Waals surface area contributed by atoms with Crippen molar-refractivity contribution in [2.24, 2.45) is 0 Å². The van der Waals surface area contributed by atoms with Crippen LogP contribution in [0.1, 0.15) is 21.5 Å². The number of ether oxygens (including phenoxy) is 1. The van der Waals surface area contributed by atoms with Gasteiger partial charge in [0.15, 0.2) is 6.10 Å². The Morgan fingerprint density at radius 1 is 1.19 bits per heavy atom. The molecule has 2 aromatic carbocycles. The Balaban J connectivity index is 1.82. The van der Waals surface area contributed by atoms with Crippen molar-refractivity contribution in [2.45, 2.75) is 18.7 Å². The van der Waals surface area contributed by atoms with E-state index < -0.39 is 35.5 Å². The van der Waals surface area contributed by atoms with Gasteiger partial charge in [0.25, 0.3) is 5.91 Å². The minimum absolute atomic E-state index is 0.110. The zero-order valence-corrected chi connectivity index (χ0v) is 13.6. The van der Waals surface area contributed by atoms with E-state index in [-0.39, 0.29) is 28.3 Å². The van der Waals surface area contributed by atoms with Gasteiger partial charge in [-0.3, -0.25) is 4.79 Å². The summed E-state index contributed by atoms with van der Waals surface area (Å²) in [5.41, 5.74) is -0.859. The van der Waals surface area contributed by atoms with Crippen LogP contribution in [0.15, 0.2) is 36.4 Å². The van der Waals surface area contributed by atoms with Gasteiger partial charge in [-0.05, 0) is 42.0 Å². The van der Waals surface area contributed by atoms with Gasteiger partial charge >= 0.3 is 12.1 Å². The lowest BCUT2D eigenvalue weighted by Crippen LogP contribution is -2.38. The maximum absolute atomic E-state index is 13.3. The van der Waals surface area contributed by atoms with Crippen LogP contribution in [0.25, 0.3) is 0 Å². The van der Waals surface area contributed by atoms with Crippen LogP contribution in [0.2, 0.25) is 5.02 Å². The van der Waals surface area contributed by atoms with E-state index in [2.05, 4.69) is 5.32 Å². The molecule has 0 aliphatic carbocycles. The summed E-state index contributed by atoms with van der Waals surface area (Å²) in [5.74, 6) is -2.27. The standard InChI is InChI=1S/C17H10ClF4NO3/c18-12-4-1-9(17(20,21)22)7-13(12)23-15(24)14-6-8-5-10(19)2-3-11(8)16(25)26-14/h1-5,7,14H,6H2,(H,23,24). The molecular formula is C17H10ClF4NO3. The molecule has 26 heavy (non-hydrogen) atoms. The summed E-state index contributed by atoms with van der Waals surface area (Å²) >= 11 is 5.82. The van der Waals surface area contributed by atoms with Crippen LogP contribution < -0.4 is 5.32 Å². The lowest BCUT2D eigenvalue weighted by Gasteiger charge is -2.24. The average molecular weight is 388 g/mol. The van der Waals surface area contributed by atoms with Crippen LogP contribution in [-0.2, 0) is 22.1 Å². The predicted molar refractivity (Wildman–Crippen MR) is 84.4 cm³/mol. The summed E-state index contributed by atoms with van der Waals surface area (Å²) in [5, 5.41) is 2.11. The van der Waals surface area contributed by atoms with Gasteiger partial charge in [-0.25, -0.2) is 9.18 Å². The molecular weight excluding hydrogens is 378 g/mol. The second kappa shape index (κ2) is 6.60. The number of anilines is 1. The number of hydrogen-bond acceptors (Lipinski definition) is 3. The van der Waals surface area contributed by atoms with Crippen molar-refractivity contribution < 1.29 is 31.9 Å². The van der Waals surface area contributed by atoms with Gasteiger partial charge < -0.3 is 10.1 Å². The Morgan fingerprint density at radius 3 is 2.62 bits per heavy atom. The number of alkyl halides is 3. The highest BCUT2D eigenvalue weighted by molar-refractivity contribution is 6.33. The summed E-state index contributed by atoms with van der Waals surface area (Å²) in [6.07, 6.45) is -6.04. The van der Waals surface area contributed by atoms with Crippen LogP contribution in [0.3, 0.4) is 0 Å². The fourth-order valence-electron chi connectivity index (χ4n) is 2.52. The zero-order valence-electron chi connectivity index (χ0n) is 12.9. The van der Waals surface area contributed by atoms with Crippen molar-refractivity contribution in [2.75, 3.05) is 5.32 Å². The first-order valence-electron chi connectivity index (χ1n) is 7.32. The van der Waals surface area contributed by atoms with Crippen molar-refractivity contribution in [3.8, 4) is 0 Å². The second-order valence-corrected chi connectivity index (χ2v) is 5.99. The van der Waals surface area contributed by atoms with Crippen LogP contribution >= 0.6 is 11.6 Å². The SMILES string of the molecule is O=C1OC(C(=O)Nc2cc(C(F)(F)F)ccc2Cl)Cc2cc(F)ccc21. The number of halogens is 5. The summed E-state index contributed by atoms with van der Waals surface area (Å²) in [4.78, 5) is 24.2. The van der Waals surface area contributed by atoms with E-state index in [1.807, 2.05) is 0 Å². The van der Waals surface area contributed by atoms with Crippen molar-refractivity contribution in [1.82, 2.24) is 0 Å². The van der Waals surface area contributed by atoms with Crippen LogP contribution in [0, 0.1) is 5.82 Å². The number of hydrogen-bond donors (Lipinski definition) is 1. The van der Waals surface area contributed by atoms with Gasteiger partial charge in [0.1, 0.15) is 5.82 Å². The van der Waals surface area contributed by atoms with Crippen molar-refractivity contribution >= 4 is 29.2 Å². The van der Waals surface area contributed by atoms with Crippen molar-refractivity contribution in [1.29, 1.82) is 0 Å². The topological polar surface area (TPSA) is 55.4 Å². The number of benzene rings is 2. The normalized spacial score (nSPS) is 16.7.